The molecule has 9 heavy (non-hydrogen) atoms. The molecule has 0 spiro atoms. The number of methoxy groups -OCH3 is 1. The van der Waals surface area contributed by atoms with Gasteiger partial charge in [-0.25, -0.2) is 0 Å². The van der Waals surface area contributed by atoms with Gasteiger partial charge in [0.25, 0.3) is 0 Å². The highest BCUT2D eigenvalue weighted by Gasteiger charge is 1.96. The minimum absolute atomic E-state index is 0.0276. The van der Waals surface area contributed by atoms with E-state index >= 15 is 0 Å². The Bertz CT molecular complexity index is 72.7. The molecular weight excluding hydrogens is 120 g/mol. The van der Waals surface area contributed by atoms with Crippen LogP contribution < -0.4 is 0 Å². The number of carbonyl (C=O) groups is 1. The van der Waals surface area contributed by atoms with Crippen LogP contribution in [0, 0.1) is 5.92 Å². The lowest BCUT2D eigenvalue weighted by Gasteiger charge is -2.02. The molecule has 0 aliphatic heterocycles. The minimum Gasteiger partial charge on any atom is -0.359 e. The van der Waals surface area contributed by atoms with Gasteiger partial charge in [0.15, 0.2) is 0 Å². The third kappa shape index (κ3) is 5.46. The zero-order valence-electron chi connectivity index (χ0n) is 5.79. The third-order valence-corrected chi connectivity index (χ3v) is 0.814. The largest absolute Gasteiger partial charge is 0.359 e. The summed E-state index contributed by atoms with van der Waals surface area (Å²) in [5.74, 6) is -0.0276. The third-order valence-electron chi connectivity index (χ3n) is 0.814. The summed E-state index contributed by atoms with van der Waals surface area (Å²) in [6.07, 6.45) is 0.857. The van der Waals surface area contributed by atoms with Gasteiger partial charge in [-0.3, -0.25) is 0 Å². The van der Waals surface area contributed by atoms with E-state index in [2.05, 4.69) is 4.74 Å². The van der Waals surface area contributed by atoms with Gasteiger partial charge >= 0.3 is 0 Å². The maximum atomic E-state index is 9.98. The first-order valence-electron chi connectivity index (χ1n) is 2.83. The summed E-state index contributed by atoms with van der Waals surface area (Å²) in [6, 6.07) is 0. The second kappa shape index (κ2) is 5.72. The van der Waals surface area contributed by atoms with Gasteiger partial charge in [-0.2, -0.15) is 0 Å². The smallest absolute Gasteiger partial charge is 0.146 e. The van der Waals surface area contributed by atoms with E-state index in [0.717, 1.165) is 6.29 Å². The van der Waals surface area contributed by atoms with Crippen LogP contribution in [0.1, 0.15) is 6.92 Å². The van der Waals surface area contributed by atoms with Crippen molar-refractivity contribution in [1.29, 1.82) is 0 Å². The first-order chi connectivity index (χ1) is 4.31. The van der Waals surface area contributed by atoms with Crippen LogP contribution >= 0.6 is 0 Å². The number of hydrogen-bond donors (Lipinski definition) is 0. The molecule has 0 aliphatic carbocycles. The van der Waals surface area contributed by atoms with Crippen molar-refractivity contribution in [3.63, 3.8) is 0 Å². The molecule has 0 radical (unpaired) electrons. The van der Waals surface area contributed by atoms with Gasteiger partial charge in [0, 0.05) is 13.0 Å². The highest BCUT2D eigenvalue weighted by atomic mass is 16.7. The number of hydrogen-bond acceptors (Lipinski definition) is 3. The first kappa shape index (κ1) is 8.59. The molecule has 3 nitrogen and oxygen atoms in total. The number of rotatable bonds is 5. The van der Waals surface area contributed by atoms with E-state index in [1.807, 2.05) is 0 Å². The first-order valence-corrected chi connectivity index (χ1v) is 2.83. The molecule has 0 N–H and O–H groups in total. The topological polar surface area (TPSA) is 35.5 Å². The van der Waals surface area contributed by atoms with Crippen molar-refractivity contribution < 1.29 is 14.3 Å². The molecule has 54 valence electrons. The Kier molecular flexibility index (Phi) is 5.46. The number of ether oxygens (including phenoxy) is 2. The van der Waals surface area contributed by atoms with E-state index in [1.165, 1.54) is 0 Å². The second-order valence-corrected chi connectivity index (χ2v) is 1.89. The van der Waals surface area contributed by atoms with Crippen molar-refractivity contribution in [2.75, 3.05) is 20.5 Å². The van der Waals surface area contributed by atoms with Crippen LogP contribution in [0.5, 0.6) is 0 Å². The van der Waals surface area contributed by atoms with Gasteiger partial charge in [-0.05, 0) is 0 Å². The summed E-state index contributed by atoms with van der Waals surface area (Å²) >= 11 is 0. The van der Waals surface area contributed by atoms with Crippen LogP contribution in [0.3, 0.4) is 0 Å². The van der Waals surface area contributed by atoms with E-state index in [0.29, 0.717) is 6.61 Å². The molecule has 0 amide bonds. The van der Waals surface area contributed by atoms with E-state index in [9.17, 15) is 4.79 Å². The van der Waals surface area contributed by atoms with E-state index in [4.69, 9.17) is 4.74 Å². The van der Waals surface area contributed by atoms with Gasteiger partial charge in [-0.1, -0.05) is 6.92 Å². The lowest BCUT2D eigenvalue weighted by atomic mass is 10.2. The Labute approximate surface area is 55.0 Å². The molecule has 1 atom stereocenters. The summed E-state index contributed by atoms with van der Waals surface area (Å²) in [7, 11) is 1.55. The standard InChI is InChI=1S/C6H12O3/c1-6(3-7)4-9-5-8-2/h3,6H,4-5H2,1-2H3/t6-/m0/s1. The van der Waals surface area contributed by atoms with Gasteiger partial charge in [0.1, 0.15) is 13.1 Å². The normalized spacial score (nSPS) is 13.1. The molecular formula is C6H12O3. The van der Waals surface area contributed by atoms with Crippen molar-refractivity contribution >= 4 is 6.29 Å². The minimum atomic E-state index is -0.0276. The number of aldehydes is 1. The molecule has 0 heterocycles. The van der Waals surface area contributed by atoms with Crippen molar-refractivity contribution in [3.05, 3.63) is 0 Å². The van der Waals surface area contributed by atoms with Crippen molar-refractivity contribution in [2.24, 2.45) is 5.92 Å². The fourth-order valence-electron chi connectivity index (χ4n) is 0.357. The second-order valence-electron chi connectivity index (χ2n) is 1.89. The summed E-state index contributed by atoms with van der Waals surface area (Å²) in [4.78, 5) is 9.98. The Balaban J connectivity index is 2.96. The molecule has 0 bridgehead atoms. The van der Waals surface area contributed by atoms with Crippen molar-refractivity contribution in [2.45, 2.75) is 6.92 Å². The Hall–Kier alpha value is -0.410. The zero-order valence-corrected chi connectivity index (χ0v) is 5.79. The maximum absolute atomic E-state index is 9.98. The molecule has 0 fully saturated rings. The molecule has 0 saturated carbocycles. The molecule has 3 heteroatoms. The number of carbonyl (C=O) groups excluding carboxylic acids is 1. The molecule has 0 aromatic carbocycles. The fraction of sp³-hybridized carbons (Fsp3) is 0.833. The summed E-state index contributed by atoms with van der Waals surface area (Å²) < 4.78 is 9.48. The van der Waals surface area contributed by atoms with E-state index in [1.54, 1.807) is 14.0 Å². The van der Waals surface area contributed by atoms with Gasteiger partial charge in [0.2, 0.25) is 0 Å². The van der Waals surface area contributed by atoms with Gasteiger partial charge in [0.05, 0.1) is 6.61 Å². The Morgan fingerprint density at radius 1 is 1.67 bits per heavy atom. The average Bonchev–Trinajstić information content (AvgIpc) is 1.89. The molecule has 0 saturated heterocycles. The maximum Gasteiger partial charge on any atom is 0.146 e. The van der Waals surface area contributed by atoms with Crippen LogP contribution in [-0.4, -0.2) is 26.8 Å². The average molecular weight is 132 g/mol. The Morgan fingerprint density at radius 3 is 2.78 bits per heavy atom. The van der Waals surface area contributed by atoms with Crippen LogP contribution in [0.4, 0.5) is 0 Å². The van der Waals surface area contributed by atoms with Crippen LogP contribution in [0.15, 0.2) is 0 Å². The lowest BCUT2D eigenvalue weighted by Crippen LogP contribution is -2.08. The van der Waals surface area contributed by atoms with Crippen LogP contribution in [0.2, 0.25) is 0 Å². The van der Waals surface area contributed by atoms with Crippen LogP contribution in [-0.2, 0) is 14.3 Å². The summed E-state index contributed by atoms with van der Waals surface area (Å²) in [5.41, 5.74) is 0. The summed E-state index contributed by atoms with van der Waals surface area (Å²) in [6.45, 7) is 2.50. The SMILES string of the molecule is COCOC[C@@H](C)C=O. The Morgan fingerprint density at radius 2 is 2.33 bits per heavy atom. The molecule has 0 aromatic heterocycles. The molecule has 0 unspecified atom stereocenters. The fourth-order valence-corrected chi connectivity index (χ4v) is 0.357. The lowest BCUT2D eigenvalue weighted by molar-refractivity contribution is -0.114. The van der Waals surface area contributed by atoms with Gasteiger partial charge in [-0.15, -0.1) is 0 Å². The van der Waals surface area contributed by atoms with Crippen molar-refractivity contribution in [1.82, 2.24) is 0 Å². The zero-order chi connectivity index (χ0) is 7.11. The summed E-state index contributed by atoms with van der Waals surface area (Å²) in [5, 5.41) is 0. The van der Waals surface area contributed by atoms with Gasteiger partial charge < -0.3 is 14.3 Å². The predicted octanol–water partition coefficient (Wildman–Crippen LogP) is 0.442. The molecule has 0 rings (SSSR count). The van der Waals surface area contributed by atoms with E-state index < -0.39 is 0 Å². The predicted molar refractivity (Wildman–Crippen MR) is 33.1 cm³/mol. The molecule has 0 aromatic rings. The quantitative estimate of drug-likeness (QED) is 0.309. The highest BCUT2D eigenvalue weighted by molar-refractivity contribution is 5.52. The highest BCUT2D eigenvalue weighted by Crippen LogP contribution is 1.89. The van der Waals surface area contributed by atoms with E-state index in [-0.39, 0.29) is 12.7 Å². The van der Waals surface area contributed by atoms with Crippen LogP contribution in [0.25, 0.3) is 0 Å². The molecule has 0 aliphatic rings. The monoisotopic (exact) mass is 132 g/mol. The van der Waals surface area contributed by atoms with Crippen molar-refractivity contribution in [3.8, 4) is 0 Å².